The summed E-state index contributed by atoms with van der Waals surface area (Å²) >= 11 is 0. The summed E-state index contributed by atoms with van der Waals surface area (Å²) in [5.74, 6) is 0.643. The maximum absolute atomic E-state index is 12.2. The number of hydrogen-bond donors (Lipinski definition) is 1. The van der Waals surface area contributed by atoms with Crippen LogP contribution in [0.4, 0.5) is 0 Å². The first-order chi connectivity index (χ1) is 10.6. The zero-order valence-electron chi connectivity index (χ0n) is 13.9. The predicted octanol–water partition coefficient (Wildman–Crippen LogP) is 1.82. The first-order valence-corrected chi connectivity index (χ1v) is 10.8. The van der Waals surface area contributed by atoms with Gasteiger partial charge in [0.1, 0.15) is 12.4 Å². The molecule has 0 aliphatic carbocycles. The van der Waals surface area contributed by atoms with Gasteiger partial charge in [0.05, 0.1) is 10.6 Å². The maximum atomic E-state index is 12.2. The molecule has 0 saturated carbocycles. The van der Waals surface area contributed by atoms with Gasteiger partial charge in [-0.15, -0.1) is 0 Å². The van der Waals surface area contributed by atoms with E-state index in [1.54, 1.807) is 6.92 Å². The predicted molar refractivity (Wildman–Crippen MR) is 90.9 cm³/mol. The van der Waals surface area contributed by atoms with Crippen LogP contribution in [-0.2, 0) is 19.9 Å². The molecule has 0 amide bonds. The molecule has 23 heavy (non-hydrogen) atoms. The summed E-state index contributed by atoms with van der Waals surface area (Å²) in [5.41, 5.74) is 0. The summed E-state index contributed by atoms with van der Waals surface area (Å²) in [6, 6.07) is 5.76. The number of hydrogen-bond acceptors (Lipinski definition) is 5. The number of sulfonamides is 1. The van der Waals surface area contributed by atoms with Crippen molar-refractivity contribution in [2.75, 3.05) is 18.1 Å². The SMILES string of the molecule is CCS(=O)(=O)CCOc1ccc(S(=O)(=O)NC(C)C(C)C)cc1. The molecule has 0 aliphatic rings. The molecule has 0 spiro atoms. The minimum atomic E-state index is -3.57. The number of benzene rings is 1. The fraction of sp³-hybridized carbons (Fsp3) is 0.600. The van der Waals surface area contributed by atoms with Crippen molar-refractivity contribution in [3.8, 4) is 5.75 Å². The van der Waals surface area contributed by atoms with Crippen molar-refractivity contribution >= 4 is 19.9 Å². The monoisotopic (exact) mass is 363 g/mol. The van der Waals surface area contributed by atoms with Gasteiger partial charge in [0.25, 0.3) is 0 Å². The molecular weight excluding hydrogens is 338 g/mol. The van der Waals surface area contributed by atoms with E-state index in [-0.39, 0.29) is 35.0 Å². The first kappa shape index (κ1) is 19.9. The van der Waals surface area contributed by atoms with Crippen LogP contribution in [0.5, 0.6) is 5.75 Å². The Balaban J connectivity index is 2.69. The highest BCUT2D eigenvalue weighted by molar-refractivity contribution is 7.91. The summed E-state index contributed by atoms with van der Waals surface area (Å²) in [5, 5.41) is 0. The highest BCUT2D eigenvalue weighted by Crippen LogP contribution is 2.17. The number of sulfone groups is 1. The zero-order valence-corrected chi connectivity index (χ0v) is 15.6. The summed E-state index contributed by atoms with van der Waals surface area (Å²) in [4.78, 5) is 0.151. The molecule has 0 aliphatic heterocycles. The van der Waals surface area contributed by atoms with Crippen LogP contribution in [-0.4, -0.2) is 41.0 Å². The second kappa shape index (κ2) is 8.12. The third-order valence-corrected chi connectivity index (χ3v) is 6.82. The van der Waals surface area contributed by atoms with Gasteiger partial charge in [0.15, 0.2) is 9.84 Å². The minimum Gasteiger partial charge on any atom is -0.493 e. The van der Waals surface area contributed by atoms with Gasteiger partial charge in [0.2, 0.25) is 10.0 Å². The lowest BCUT2D eigenvalue weighted by molar-refractivity contribution is 0.340. The zero-order chi connectivity index (χ0) is 17.7. The van der Waals surface area contributed by atoms with Crippen molar-refractivity contribution in [2.45, 2.75) is 38.6 Å². The molecule has 0 fully saturated rings. The van der Waals surface area contributed by atoms with Crippen LogP contribution in [0.3, 0.4) is 0 Å². The van der Waals surface area contributed by atoms with E-state index >= 15 is 0 Å². The number of ether oxygens (including phenoxy) is 1. The lowest BCUT2D eigenvalue weighted by Gasteiger charge is -2.17. The van der Waals surface area contributed by atoms with Crippen molar-refractivity contribution in [3.05, 3.63) is 24.3 Å². The molecule has 0 radical (unpaired) electrons. The van der Waals surface area contributed by atoms with Crippen molar-refractivity contribution in [1.29, 1.82) is 0 Å². The Kier molecular flexibility index (Phi) is 7.03. The van der Waals surface area contributed by atoms with Crippen molar-refractivity contribution in [1.82, 2.24) is 4.72 Å². The first-order valence-electron chi connectivity index (χ1n) is 7.53. The van der Waals surface area contributed by atoms with E-state index in [9.17, 15) is 16.8 Å². The van der Waals surface area contributed by atoms with Gasteiger partial charge >= 0.3 is 0 Å². The van der Waals surface area contributed by atoms with Crippen LogP contribution in [0.25, 0.3) is 0 Å². The Morgan fingerprint density at radius 1 is 1.04 bits per heavy atom. The molecule has 0 heterocycles. The van der Waals surface area contributed by atoms with E-state index in [0.717, 1.165) is 0 Å². The minimum absolute atomic E-state index is 0.0465. The van der Waals surface area contributed by atoms with E-state index in [4.69, 9.17) is 4.74 Å². The molecule has 1 N–H and O–H groups in total. The lowest BCUT2D eigenvalue weighted by Crippen LogP contribution is -2.36. The van der Waals surface area contributed by atoms with Crippen molar-refractivity contribution in [2.24, 2.45) is 5.92 Å². The Hall–Kier alpha value is -1.12. The molecule has 0 saturated heterocycles. The highest BCUT2D eigenvalue weighted by Gasteiger charge is 2.19. The van der Waals surface area contributed by atoms with Crippen LogP contribution in [0.1, 0.15) is 27.7 Å². The fourth-order valence-corrected chi connectivity index (χ4v) is 3.61. The largest absolute Gasteiger partial charge is 0.493 e. The average Bonchev–Trinajstić information content (AvgIpc) is 2.47. The molecule has 8 heteroatoms. The van der Waals surface area contributed by atoms with Gasteiger partial charge in [-0.1, -0.05) is 20.8 Å². The van der Waals surface area contributed by atoms with E-state index in [2.05, 4.69) is 4.72 Å². The van der Waals surface area contributed by atoms with Gasteiger partial charge in [-0.05, 0) is 37.1 Å². The molecule has 6 nitrogen and oxygen atoms in total. The van der Waals surface area contributed by atoms with Crippen molar-refractivity contribution in [3.63, 3.8) is 0 Å². The van der Waals surface area contributed by atoms with Crippen LogP contribution in [0.2, 0.25) is 0 Å². The molecular formula is C15H25NO5S2. The standard InChI is InChI=1S/C15H25NO5S2/c1-5-22(17,18)11-10-21-14-6-8-15(9-7-14)23(19,20)16-13(4)12(2)3/h6-9,12-13,16H,5,10-11H2,1-4H3. The van der Waals surface area contributed by atoms with Crippen LogP contribution >= 0.6 is 0 Å². The maximum Gasteiger partial charge on any atom is 0.240 e. The molecule has 0 bridgehead atoms. The Labute approximate surface area is 139 Å². The second-order valence-electron chi connectivity index (χ2n) is 5.71. The van der Waals surface area contributed by atoms with E-state index in [1.165, 1.54) is 24.3 Å². The molecule has 132 valence electrons. The van der Waals surface area contributed by atoms with Gasteiger partial charge in [-0.2, -0.15) is 0 Å². The summed E-state index contributed by atoms with van der Waals surface area (Å²) < 4.78 is 55.1. The van der Waals surface area contributed by atoms with Gasteiger partial charge in [-0.3, -0.25) is 0 Å². The second-order valence-corrected chi connectivity index (χ2v) is 9.90. The number of rotatable bonds is 9. The smallest absolute Gasteiger partial charge is 0.240 e. The highest BCUT2D eigenvalue weighted by atomic mass is 32.2. The summed E-state index contributed by atoms with van der Waals surface area (Å²) in [7, 11) is -6.64. The fourth-order valence-electron chi connectivity index (χ4n) is 1.59. The topological polar surface area (TPSA) is 89.5 Å². The molecule has 0 aromatic heterocycles. The van der Waals surface area contributed by atoms with Crippen LogP contribution in [0.15, 0.2) is 29.2 Å². The van der Waals surface area contributed by atoms with E-state index < -0.39 is 19.9 Å². The third kappa shape index (κ3) is 6.48. The Morgan fingerprint density at radius 2 is 1.61 bits per heavy atom. The summed E-state index contributed by atoms with van der Waals surface area (Å²) in [6.07, 6.45) is 0. The quantitative estimate of drug-likeness (QED) is 0.723. The van der Waals surface area contributed by atoms with E-state index in [0.29, 0.717) is 5.75 Å². The average molecular weight is 364 g/mol. The van der Waals surface area contributed by atoms with Crippen LogP contribution in [0, 0.1) is 5.92 Å². The normalized spacial score (nSPS) is 14.0. The summed E-state index contributed by atoms with van der Waals surface area (Å²) in [6.45, 7) is 7.32. The number of nitrogens with one attached hydrogen (secondary N) is 1. The van der Waals surface area contributed by atoms with Gasteiger partial charge in [-0.25, -0.2) is 21.6 Å². The molecule has 1 unspecified atom stereocenters. The lowest BCUT2D eigenvalue weighted by atomic mass is 10.1. The third-order valence-electron chi connectivity index (χ3n) is 3.58. The van der Waals surface area contributed by atoms with Gasteiger partial charge < -0.3 is 4.74 Å². The molecule has 1 rings (SSSR count). The van der Waals surface area contributed by atoms with E-state index in [1.807, 2.05) is 20.8 Å². The Bertz CT molecular complexity index is 694. The van der Waals surface area contributed by atoms with Crippen LogP contribution < -0.4 is 9.46 Å². The molecule has 1 aromatic carbocycles. The van der Waals surface area contributed by atoms with Gasteiger partial charge in [0, 0.05) is 11.8 Å². The molecule has 1 aromatic rings. The van der Waals surface area contributed by atoms with Crippen molar-refractivity contribution < 1.29 is 21.6 Å². The Morgan fingerprint density at radius 3 is 2.09 bits per heavy atom. The molecule has 1 atom stereocenters.